The van der Waals surface area contributed by atoms with Crippen LogP contribution in [0.3, 0.4) is 0 Å². The van der Waals surface area contributed by atoms with E-state index in [9.17, 15) is 9.18 Å². The Balaban J connectivity index is 1.55. The molecule has 2 unspecified atom stereocenters. The fourth-order valence-corrected chi connectivity index (χ4v) is 4.33. The van der Waals surface area contributed by atoms with Crippen LogP contribution in [0, 0.1) is 5.82 Å². The van der Waals surface area contributed by atoms with Crippen LogP contribution in [-0.4, -0.2) is 44.8 Å². The molecule has 2 atom stereocenters. The Morgan fingerprint density at radius 1 is 1.10 bits per heavy atom. The Bertz CT molecular complexity index is 1100. The van der Waals surface area contributed by atoms with Gasteiger partial charge in [-0.2, -0.15) is 0 Å². The summed E-state index contributed by atoms with van der Waals surface area (Å²) in [6.45, 7) is 1.17. The highest BCUT2D eigenvalue weighted by molar-refractivity contribution is 6.43. The van der Waals surface area contributed by atoms with Gasteiger partial charge in [-0.15, -0.1) is 10.2 Å². The van der Waals surface area contributed by atoms with Crippen molar-refractivity contribution < 1.29 is 13.9 Å². The van der Waals surface area contributed by atoms with Gasteiger partial charge in [-0.05, 0) is 36.4 Å². The molecule has 29 heavy (non-hydrogen) atoms. The first-order valence-electron chi connectivity index (χ1n) is 9.08. The van der Waals surface area contributed by atoms with Crippen LogP contribution in [0.5, 0.6) is 0 Å². The molecule has 3 heterocycles. The van der Waals surface area contributed by atoms with E-state index in [1.54, 1.807) is 35.2 Å². The lowest BCUT2D eigenvalue weighted by atomic mass is 10.0. The number of amides is 1. The highest BCUT2D eigenvalue weighted by atomic mass is 35.5. The van der Waals surface area contributed by atoms with E-state index in [-0.39, 0.29) is 22.8 Å². The van der Waals surface area contributed by atoms with E-state index >= 15 is 0 Å². The maximum absolute atomic E-state index is 13.3. The lowest BCUT2D eigenvalue weighted by molar-refractivity contribution is -0.0569. The van der Waals surface area contributed by atoms with Crippen LogP contribution in [0.4, 0.5) is 4.39 Å². The first-order valence-corrected chi connectivity index (χ1v) is 9.83. The minimum atomic E-state index is -0.397. The molecule has 1 fully saturated rings. The van der Waals surface area contributed by atoms with Crippen molar-refractivity contribution in [3.8, 4) is 11.4 Å². The number of morpholine rings is 1. The van der Waals surface area contributed by atoms with E-state index < -0.39 is 6.04 Å². The van der Waals surface area contributed by atoms with E-state index in [0.717, 1.165) is 5.56 Å². The summed E-state index contributed by atoms with van der Waals surface area (Å²) in [4.78, 5) is 15.1. The standard InChI is InChI=1S/C20H15Cl2FN4O2/c21-15-3-1-2-14(17(15)22)20(28)27-13-8-26-18(11-4-6-12(23)7-5-11)24-25-19(26)16(27)10-29-9-13/h1-7,13,16H,8-10H2. The number of carbonyl (C=O) groups excluding carboxylic acids is 1. The molecule has 5 rings (SSSR count). The van der Waals surface area contributed by atoms with Crippen LogP contribution in [-0.2, 0) is 11.3 Å². The molecule has 0 N–H and O–H groups in total. The Labute approximate surface area is 175 Å². The van der Waals surface area contributed by atoms with E-state index in [2.05, 4.69) is 10.2 Å². The Morgan fingerprint density at radius 2 is 1.90 bits per heavy atom. The largest absolute Gasteiger partial charge is 0.377 e. The average Bonchev–Trinajstić information content (AvgIpc) is 3.13. The zero-order chi connectivity index (χ0) is 20.1. The van der Waals surface area contributed by atoms with Crippen LogP contribution in [0.25, 0.3) is 11.4 Å². The summed E-state index contributed by atoms with van der Waals surface area (Å²) >= 11 is 12.4. The zero-order valence-corrected chi connectivity index (χ0v) is 16.6. The second-order valence-electron chi connectivity index (χ2n) is 7.02. The summed E-state index contributed by atoms with van der Waals surface area (Å²) in [5.74, 6) is 0.748. The molecule has 0 aliphatic carbocycles. The molecule has 148 valence electrons. The maximum atomic E-state index is 13.3. The third-order valence-corrected chi connectivity index (χ3v) is 6.12. The van der Waals surface area contributed by atoms with Crippen LogP contribution in [0.15, 0.2) is 42.5 Å². The first-order chi connectivity index (χ1) is 14.0. The second kappa shape index (κ2) is 7.09. The Kier molecular flexibility index (Phi) is 4.53. The molecule has 0 saturated carbocycles. The monoisotopic (exact) mass is 432 g/mol. The molecular formula is C20H15Cl2FN4O2. The predicted molar refractivity (Wildman–Crippen MR) is 105 cm³/mol. The first kappa shape index (κ1) is 18.5. The number of halogens is 3. The van der Waals surface area contributed by atoms with Crippen molar-refractivity contribution in [3.63, 3.8) is 0 Å². The van der Waals surface area contributed by atoms with Gasteiger partial charge in [-0.1, -0.05) is 29.3 Å². The molecular weight excluding hydrogens is 418 g/mol. The molecule has 1 amide bonds. The van der Waals surface area contributed by atoms with Gasteiger partial charge in [0.2, 0.25) is 0 Å². The summed E-state index contributed by atoms with van der Waals surface area (Å²) in [5.41, 5.74) is 1.12. The van der Waals surface area contributed by atoms with E-state index in [4.69, 9.17) is 27.9 Å². The Hall–Kier alpha value is -2.48. The van der Waals surface area contributed by atoms with Gasteiger partial charge < -0.3 is 14.2 Å². The number of carbonyl (C=O) groups is 1. The van der Waals surface area contributed by atoms with Crippen molar-refractivity contribution in [1.82, 2.24) is 19.7 Å². The van der Waals surface area contributed by atoms with Gasteiger partial charge in [0.15, 0.2) is 11.6 Å². The van der Waals surface area contributed by atoms with Gasteiger partial charge >= 0.3 is 0 Å². The van der Waals surface area contributed by atoms with Crippen LogP contribution < -0.4 is 0 Å². The number of hydrogen-bond donors (Lipinski definition) is 0. The highest BCUT2D eigenvalue weighted by Gasteiger charge is 2.44. The normalized spacial score (nSPS) is 20.4. The lowest BCUT2D eigenvalue weighted by Crippen LogP contribution is -2.56. The summed E-state index contributed by atoms with van der Waals surface area (Å²) in [5, 5.41) is 9.20. The number of benzene rings is 2. The van der Waals surface area contributed by atoms with Crippen LogP contribution in [0.1, 0.15) is 22.2 Å². The molecule has 2 bridgehead atoms. The van der Waals surface area contributed by atoms with Crippen molar-refractivity contribution in [1.29, 1.82) is 0 Å². The molecule has 0 radical (unpaired) electrons. The topological polar surface area (TPSA) is 60.3 Å². The molecule has 2 aliphatic rings. The number of fused-ring (bicyclic) bond motifs is 4. The SMILES string of the molecule is O=C(c1cccc(Cl)c1Cl)N1C2COCC1c1nnc(-c3ccc(F)cc3)n1C2. The molecule has 2 aromatic carbocycles. The molecule has 2 aliphatic heterocycles. The zero-order valence-electron chi connectivity index (χ0n) is 15.1. The van der Waals surface area contributed by atoms with E-state index in [1.807, 2.05) is 4.57 Å². The van der Waals surface area contributed by atoms with Gasteiger partial charge in [-0.25, -0.2) is 4.39 Å². The van der Waals surface area contributed by atoms with Gasteiger partial charge in [0.1, 0.15) is 11.9 Å². The smallest absolute Gasteiger partial charge is 0.256 e. The van der Waals surface area contributed by atoms with Crippen molar-refractivity contribution in [2.24, 2.45) is 0 Å². The van der Waals surface area contributed by atoms with E-state index in [1.165, 1.54) is 12.1 Å². The number of rotatable bonds is 2. The summed E-state index contributed by atoms with van der Waals surface area (Å²) < 4.78 is 21.0. The molecule has 3 aromatic rings. The average molecular weight is 433 g/mol. The second-order valence-corrected chi connectivity index (χ2v) is 7.81. The molecule has 6 nitrogen and oxygen atoms in total. The quantitative estimate of drug-likeness (QED) is 0.614. The van der Waals surface area contributed by atoms with Gasteiger partial charge in [0.25, 0.3) is 5.91 Å². The maximum Gasteiger partial charge on any atom is 0.256 e. The number of hydrogen-bond acceptors (Lipinski definition) is 4. The van der Waals surface area contributed by atoms with Crippen molar-refractivity contribution >= 4 is 29.1 Å². The van der Waals surface area contributed by atoms with Crippen LogP contribution in [0.2, 0.25) is 10.0 Å². The number of aromatic nitrogens is 3. The number of ether oxygens (including phenoxy) is 1. The Morgan fingerprint density at radius 3 is 2.69 bits per heavy atom. The molecule has 0 spiro atoms. The number of nitrogens with zero attached hydrogens (tertiary/aromatic N) is 4. The third kappa shape index (κ3) is 3.01. The van der Waals surface area contributed by atoms with Crippen molar-refractivity contribution in [2.45, 2.75) is 18.6 Å². The minimum absolute atomic E-state index is 0.209. The van der Waals surface area contributed by atoms with Gasteiger partial charge in [0.05, 0.1) is 34.9 Å². The molecule has 1 saturated heterocycles. The fourth-order valence-electron chi connectivity index (χ4n) is 3.95. The van der Waals surface area contributed by atoms with Gasteiger partial charge in [-0.3, -0.25) is 4.79 Å². The summed E-state index contributed by atoms with van der Waals surface area (Å²) in [6, 6.07) is 10.5. The summed E-state index contributed by atoms with van der Waals surface area (Å²) in [6.07, 6.45) is 0. The minimum Gasteiger partial charge on any atom is -0.377 e. The lowest BCUT2D eigenvalue weighted by Gasteiger charge is -2.45. The fraction of sp³-hybridized carbons (Fsp3) is 0.250. The summed E-state index contributed by atoms with van der Waals surface area (Å²) in [7, 11) is 0. The molecule has 9 heteroatoms. The van der Waals surface area contributed by atoms with Gasteiger partial charge in [0, 0.05) is 12.1 Å². The predicted octanol–water partition coefficient (Wildman–Crippen LogP) is 3.99. The van der Waals surface area contributed by atoms with Crippen molar-refractivity contribution in [3.05, 3.63) is 69.7 Å². The van der Waals surface area contributed by atoms with E-state index in [0.29, 0.717) is 42.0 Å². The van der Waals surface area contributed by atoms with Crippen molar-refractivity contribution in [2.75, 3.05) is 13.2 Å². The third-order valence-electron chi connectivity index (χ3n) is 5.30. The molecule has 1 aromatic heterocycles. The highest BCUT2D eigenvalue weighted by Crippen LogP contribution is 2.37. The van der Waals surface area contributed by atoms with Crippen LogP contribution >= 0.6 is 23.2 Å².